The molecule has 0 spiro atoms. The lowest BCUT2D eigenvalue weighted by molar-refractivity contribution is 0.0591. The van der Waals surface area contributed by atoms with Crippen LogP contribution in [0.5, 0.6) is 0 Å². The number of nitrogens with zero attached hydrogens (tertiary/aromatic N) is 4. The van der Waals surface area contributed by atoms with Gasteiger partial charge in [-0.2, -0.15) is 9.57 Å². The van der Waals surface area contributed by atoms with Crippen molar-refractivity contribution in [3.63, 3.8) is 0 Å². The molecule has 158 valence electrons. The van der Waals surface area contributed by atoms with Gasteiger partial charge in [-0.1, -0.05) is 12.1 Å². The molecule has 3 aromatic rings. The van der Waals surface area contributed by atoms with Gasteiger partial charge in [0, 0.05) is 42.8 Å². The predicted octanol–water partition coefficient (Wildman–Crippen LogP) is 2.95. The molecule has 7 nitrogen and oxygen atoms in total. The average Bonchev–Trinajstić information content (AvgIpc) is 2.77. The first kappa shape index (κ1) is 21.0. The summed E-state index contributed by atoms with van der Waals surface area (Å²) in [4.78, 5) is 19.3. The van der Waals surface area contributed by atoms with Crippen molar-refractivity contribution >= 4 is 26.8 Å². The Hall–Kier alpha value is -3.28. The van der Waals surface area contributed by atoms with Gasteiger partial charge in [0.05, 0.1) is 22.0 Å². The molecule has 4 rings (SSSR count). The molecular weight excluding hydrogens is 412 g/mol. The molecule has 2 heterocycles. The highest BCUT2D eigenvalue weighted by Gasteiger charge is 2.35. The Morgan fingerprint density at radius 3 is 2.68 bits per heavy atom. The van der Waals surface area contributed by atoms with Crippen LogP contribution in [0.4, 0.5) is 0 Å². The first-order chi connectivity index (χ1) is 14.8. The third-order valence-electron chi connectivity index (χ3n) is 5.63. The third kappa shape index (κ3) is 3.90. The number of fused-ring (bicyclic) bond motifs is 1. The molecule has 0 unspecified atom stereocenters. The Morgan fingerprint density at radius 1 is 1.16 bits per heavy atom. The molecule has 0 bridgehead atoms. The highest BCUT2D eigenvalue weighted by molar-refractivity contribution is 7.89. The quantitative estimate of drug-likeness (QED) is 0.632. The Balaban J connectivity index is 1.54. The molecule has 2 aromatic carbocycles. The van der Waals surface area contributed by atoms with E-state index >= 15 is 0 Å². The molecule has 1 fully saturated rings. The number of pyridine rings is 1. The van der Waals surface area contributed by atoms with Gasteiger partial charge in [-0.15, -0.1) is 0 Å². The zero-order valence-corrected chi connectivity index (χ0v) is 18.1. The van der Waals surface area contributed by atoms with Crippen molar-refractivity contribution in [2.75, 3.05) is 19.6 Å². The Morgan fingerprint density at radius 2 is 1.97 bits per heavy atom. The van der Waals surface area contributed by atoms with Crippen LogP contribution < -0.4 is 0 Å². The first-order valence-electron chi connectivity index (χ1n) is 9.98. The summed E-state index contributed by atoms with van der Waals surface area (Å²) in [7, 11) is -3.72. The summed E-state index contributed by atoms with van der Waals surface area (Å²) < 4.78 is 27.8. The number of hydrogen-bond donors (Lipinski definition) is 0. The number of benzene rings is 2. The van der Waals surface area contributed by atoms with E-state index in [2.05, 4.69) is 4.98 Å². The number of rotatable bonds is 3. The van der Waals surface area contributed by atoms with E-state index in [1.54, 1.807) is 36.2 Å². The normalized spacial score (nSPS) is 17.5. The van der Waals surface area contributed by atoms with E-state index in [4.69, 9.17) is 5.26 Å². The second-order valence-corrected chi connectivity index (χ2v) is 9.62. The number of hydrogen-bond acceptors (Lipinski definition) is 5. The molecule has 0 saturated carbocycles. The largest absolute Gasteiger partial charge is 0.333 e. The minimum absolute atomic E-state index is 0.133. The lowest BCUT2D eigenvalue weighted by Crippen LogP contribution is -2.55. The molecule has 0 aliphatic carbocycles. The van der Waals surface area contributed by atoms with E-state index in [-0.39, 0.29) is 29.9 Å². The summed E-state index contributed by atoms with van der Waals surface area (Å²) in [6, 6.07) is 15.5. The van der Waals surface area contributed by atoms with Gasteiger partial charge in [-0.3, -0.25) is 9.78 Å². The van der Waals surface area contributed by atoms with Gasteiger partial charge in [-0.25, -0.2) is 8.42 Å². The topological polar surface area (TPSA) is 94.4 Å². The third-order valence-corrected chi connectivity index (χ3v) is 7.65. The van der Waals surface area contributed by atoms with Crippen LogP contribution in [0.1, 0.15) is 28.4 Å². The number of piperazine rings is 1. The molecule has 0 N–H and O–H groups in total. The fourth-order valence-electron chi connectivity index (χ4n) is 3.96. The average molecular weight is 435 g/mol. The summed E-state index contributed by atoms with van der Waals surface area (Å²) in [6.07, 6.45) is 1.69. The van der Waals surface area contributed by atoms with Crippen molar-refractivity contribution in [3.05, 3.63) is 71.4 Å². The second kappa shape index (κ2) is 8.10. The van der Waals surface area contributed by atoms with Crippen molar-refractivity contribution in [3.8, 4) is 6.07 Å². The standard InChI is InChI=1S/C23H22N4O3S/c1-16-12-18(14-24)5-8-22(16)31(29,30)26-10-11-27(17(2)15-26)23(28)20-7-6-19-4-3-9-25-21(19)13-20/h3-9,12-13,17H,10-11,15H2,1-2H3/t17-/m0/s1. The van der Waals surface area contributed by atoms with E-state index in [0.717, 1.165) is 10.9 Å². The van der Waals surface area contributed by atoms with Crippen molar-refractivity contribution in [1.29, 1.82) is 5.26 Å². The van der Waals surface area contributed by atoms with Gasteiger partial charge >= 0.3 is 0 Å². The molecule has 8 heteroatoms. The fraction of sp³-hybridized carbons (Fsp3) is 0.261. The van der Waals surface area contributed by atoms with Gasteiger partial charge < -0.3 is 4.90 Å². The van der Waals surface area contributed by atoms with Crippen molar-refractivity contribution in [1.82, 2.24) is 14.2 Å². The Labute approximate surface area is 181 Å². The van der Waals surface area contributed by atoms with Gasteiger partial charge in [0.1, 0.15) is 0 Å². The highest BCUT2D eigenvalue weighted by atomic mass is 32.2. The zero-order valence-electron chi connectivity index (χ0n) is 17.3. The fourth-order valence-corrected chi connectivity index (χ4v) is 5.67. The van der Waals surface area contributed by atoms with Gasteiger partial charge in [0.15, 0.2) is 0 Å². The molecule has 0 radical (unpaired) electrons. The summed E-state index contributed by atoms with van der Waals surface area (Å²) in [5.41, 5.74) is 2.25. The Bertz CT molecular complexity index is 1310. The summed E-state index contributed by atoms with van der Waals surface area (Å²) in [5.74, 6) is -0.133. The van der Waals surface area contributed by atoms with Gasteiger partial charge in [-0.05, 0) is 55.8 Å². The molecule has 31 heavy (non-hydrogen) atoms. The predicted molar refractivity (Wildman–Crippen MR) is 117 cm³/mol. The van der Waals surface area contributed by atoms with E-state index < -0.39 is 10.0 Å². The van der Waals surface area contributed by atoms with Crippen molar-refractivity contribution < 1.29 is 13.2 Å². The zero-order chi connectivity index (χ0) is 22.2. The van der Waals surface area contributed by atoms with E-state index in [1.807, 2.05) is 31.2 Å². The number of nitriles is 1. The highest BCUT2D eigenvalue weighted by Crippen LogP contribution is 2.25. The maximum atomic E-state index is 13.2. The number of carbonyl (C=O) groups is 1. The summed E-state index contributed by atoms with van der Waals surface area (Å²) in [6.45, 7) is 4.26. The van der Waals surface area contributed by atoms with Crippen LogP contribution in [0.25, 0.3) is 10.9 Å². The SMILES string of the molecule is Cc1cc(C#N)ccc1S(=O)(=O)N1CCN(C(=O)c2ccc3cccnc3c2)[C@@H](C)C1. The molecule has 1 saturated heterocycles. The minimum Gasteiger partial charge on any atom is -0.333 e. The molecule has 1 aromatic heterocycles. The van der Waals surface area contributed by atoms with Crippen LogP contribution in [0.15, 0.2) is 59.6 Å². The minimum atomic E-state index is -3.72. The van der Waals surface area contributed by atoms with Crippen molar-refractivity contribution in [2.24, 2.45) is 0 Å². The lowest BCUT2D eigenvalue weighted by atomic mass is 10.1. The van der Waals surface area contributed by atoms with Crippen molar-refractivity contribution in [2.45, 2.75) is 24.8 Å². The molecule has 1 atom stereocenters. The second-order valence-electron chi connectivity index (χ2n) is 7.71. The number of amides is 1. The number of sulfonamides is 1. The summed E-state index contributed by atoms with van der Waals surface area (Å²) >= 11 is 0. The molecular formula is C23H22N4O3S. The Kier molecular flexibility index (Phi) is 5.48. The molecule has 1 aliphatic rings. The lowest BCUT2D eigenvalue weighted by Gasteiger charge is -2.39. The van der Waals surface area contributed by atoms with E-state index in [1.165, 1.54) is 16.4 Å². The summed E-state index contributed by atoms with van der Waals surface area (Å²) in [5, 5.41) is 9.98. The van der Waals surface area contributed by atoms with Crippen LogP contribution in [0, 0.1) is 18.3 Å². The van der Waals surface area contributed by atoms with Crippen LogP contribution in [0.3, 0.4) is 0 Å². The van der Waals surface area contributed by atoms with E-state index in [9.17, 15) is 13.2 Å². The number of carbonyl (C=O) groups excluding carboxylic acids is 1. The number of aromatic nitrogens is 1. The van der Waals surface area contributed by atoms with Crippen LogP contribution in [-0.4, -0.2) is 54.2 Å². The van der Waals surface area contributed by atoms with Crippen LogP contribution >= 0.6 is 0 Å². The monoisotopic (exact) mass is 434 g/mol. The van der Waals surface area contributed by atoms with E-state index in [0.29, 0.717) is 23.2 Å². The first-order valence-corrected chi connectivity index (χ1v) is 11.4. The van der Waals surface area contributed by atoms with Gasteiger partial charge in [0.2, 0.25) is 10.0 Å². The molecule has 1 aliphatic heterocycles. The maximum absolute atomic E-state index is 13.2. The molecule has 1 amide bonds. The number of aryl methyl sites for hydroxylation is 1. The van der Waals surface area contributed by atoms with Gasteiger partial charge in [0.25, 0.3) is 5.91 Å². The van der Waals surface area contributed by atoms with Crippen LogP contribution in [0.2, 0.25) is 0 Å². The van der Waals surface area contributed by atoms with Crippen LogP contribution in [-0.2, 0) is 10.0 Å². The maximum Gasteiger partial charge on any atom is 0.254 e. The smallest absolute Gasteiger partial charge is 0.254 e.